The van der Waals surface area contributed by atoms with Crippen molar-refractivity contribution in [3.63, 3.8) is 0 Å². The molecule has 4 heteroatoms. The van der Waals surface area contributed by atoms with Gasteiger partial charge in [0.2, 0.25) is 0 Å². The quantitative estimate of drug-likeness (QED) is 0.845. The van der Waals surface area contributed by atoms with Crippen molar-refractivity contribution in [2.75, 3.05) is 0 Å². The third-order valence-corrected chi connectivity index (χ3v) is 3.27. The molecular formula is C14H15NO3. The average Bonchev–Trinajstić information content (AvgIpc) is 3.04. The molecule has 2 aromatic rings. The lowest BCUT2D eigenvalue weighted by Crippen LogP contribution is -2.27. The Hall–Kier alpha value is -1.81. The van der Waals surface area contributed by atoms with Crippen LogP contribution in [0.4, 0.5) is 0 Å². The summed E-state index contributed by atoms with van der Waals surface area (Å²) in [6.07, 6.45) is 4.52. The van der Waals surface area contributed by atoms with Crippen molar-refractivity contribution < 1.29 is 14.0 Å². The number of para-hydroxylation sites is 1. The highest BCUT2D eigenvalue weighted by atomic mass is 16.7. The molecule has 18 heavy (non-hydrogen) atoms. The number of hydrogen-bond donors (Lipinski definition) is 1. The standard InChI is InChI=1S/C14H15NO3/c16-14(15-18-11-6-2-3-7-11)13-9-10-5-1-4-8-12(10)17-13/h1,4-5,8-9,11H,2-3,6-7H2,(H,15,16). The van der Waals surface area contributed by atoms with Gasteiger partial charge in [0.1, 0.15) is 5.58 Å². The molecular weight excluding hydrogens is 230 g/mol. The fourth-order valence-corrected chi connectivity index (χ4v) is 2.29. The summed E-state index contributed by atoms with van der Waals surface area (Å²) in [6, 6.07) is 9.26. The van der Waals surface area contributed by atoms with Crippen LogP contribution in [0.25, 0.3) is 11.0 Å². The maximum Gasteiger partial charge on any atom is 0.310 e. The molecule has 0 atom stereocenters. The van der Waals surface area contributed by atoms with Crippen LogP contribution in [0.2, 0.25) is 0 Å². The Morgan fingerprint density at radius 2 is 2.06 bits per heavy atom. The fourth-order valence-electron chi connectivity index (χ4n) is 2.29. The molecule has 0 bridgehead atoms. The molecule has 3 rings (SSSR count). The van der Waals surface area contributed by atoms with Crippen LogP contribution in [0.15, 0.2) is 34.7 Å². The third kappa shape index (κ3) is 2.24. The maximum atomic E-state index is 11.8. The maximum absolute atomic E-state index is 11.8. The number of carbonyl (C=O) groups excluding carboxylic acids is 1. The number of carbonyl (C=O) groups is 1. The number of nitrogens with one attached hydrogen (secondary N) is 1. The summed E-state index contributed by atoms with van der Waals surface area (Å²) in [5, 5.41) is 0.920. The summed E-state index contributed by atoms with van der Waals surface area (Å²) in [7, 11) is 0. The van der Waals surface area contributed by atoms with E-state index in [-0.39, 0.29) is 17.8 Å². The Balaban J connectivity index is 1.67. The minimum atomic E-state index is -0.321. The lowest BCUT2D eigenvalue weighted by molar-refractivity contribution is -0.0138. The van der Waals surface area contributed by atoms with E-state index in [1.165, 1.54) is 12.8 Å². The summed E-state index contributed by atoms with van der Waals surface area (Å²) in [6.45, 7) is 0. The summed E-state index contributed by atoms with van der Waals surface area (Å²) in [4.78, 5) is 17.2. The molecule has 1 saturated carbocycles. The summed E-state index contributed by atoms with van der Waals surface area (Å²) in [5.41, 5.74) is 3.18. The van der Waals surface area contributed by atoms with Crippen LogP contribution < -0.4 is 5.48 Å². The van der Waals surface area contributed by atoms with Gasteiger partial charge >= 0.3 is 5.91 Å². The van der Waals surface area contributed by atoms with Gasteiger partial charge in [-0.3, -0.25) is 9.63 Å². The number of hydroxylamine groups is 1. The number of furan rings is 1. The first-order valence-electron chi connectivity index (χ1n) is 6.27. The van der Waals surface area contributed by atoms with Crippen LogP contribution >= 0.6 is 0 Å². The Bertz CT molecular complexity index is 522. The molecule has 1 N–H and O–H groups in total. The number of fused-ring (bicyclic) bond motifs is 1. The predicted octanol–water partition coefficient (Wildman–Crippen LogP) is 3.04. The molecule has 1 aromatic heterocycles. The lowest BCUT2D eigenvalue weighted by Gasteiger charge is -2.09. The number of rotatable bonds is 3. The van der Waals surface area contributed by atoms with Crippen LogP contribution in [0.3, 0.4) is 0 Å². The zero-order valence-corrected chi connectivity index (χ0v) is 10.0. The highest BCUT2D eigenvalue weighted by molar-refractivity contribution is 5.95. The Kier molecular flexibility index (Phi) is 3.02. The van der Waals surface area contributed by atoms with Gasteiger partial charge in [-0.05, 0) is 25.0 Å². The van der Waals surface area contributed by atoms with Crippen molar-refractivity contribution in [1.29, 1.82) is 0 Å². The normalized spacial score (nSPS) is 16.2. The summed E-state index contributed by atoms with van der Waals surface area (Å²) >= 11 is 0. The summed E-state index contributed by atoms with van der Waals surface area (Å²) in [5.74, 6) is -0.0349. The number of benzene rings is 1. The van der Waals surface area contributed by atoms with Gasteiger partial charge in [0.05, 0.1) is 6.10 Å². The zero-order chi connectivity index (χ0) is 12.4. The lowest BCUT2D eigenvalue weighted by atomic mass is 10.2. The molecule has 0 spiro atoms. The van der Waals surface area contributed by atoms with E-state index in [4.69, 9.17) is 9.25 Å². The van der Waals surface area contributed by atoms with Crippen LogP contribution in [0.1, 0.15) is 36.2 Å². The van der Waals surface area contributed by atoms with Gasteiger partial charge in [-0.2, -0.15) is 0 Å². The Morgan fingerprint density at radius 1 is 1.28 bits per heavy atom. The van der Waals surface area contributed by atoms with E-state index in [9.17, 15) is 4.79 Å². The monoisotopic (exact) mass is 245 g/mol. The third-order valence-electron chi connectivity index (χ3n) is 3.27. The molecule has 1 aliphatic rings. The van der Waals surface area contributed by atoms with Crippen molar-refractivity contribution in [2.45, 2.75) is 31.8 Å². The molecule has 0 radical (unpaired) electrons. The van der Waals surface area contributed by atoms with E-state index in [1.807, 2.05) is 24.3 Å². The van der Waals surface area contributed by atoms with Crippen LogP contribution in [-0.2, 0) is 4.84 Å². The molecule has 4 nitrogen and oxygen atoms in total. The van der Waals surface area contributed by atoms with E-state index in [1.54, 1.807) is 6.07 Å². The fraction of sp³-hybridized carbons (Fsp3) is 0.357. The van der Waals surface area contributed by atoms with Gasteiger partial charge in [0.15, 0.2) is 5.76 Å². The highest BCUT2D eigenvalue weighted by Crippen LogP contribution is 2.21. The molecule has 1 amide bonds. The first kappa shape index (κ1) is 11.3. The van der Waals surface area contributed by atoms with E-state index in [0.29, 0.717) is 5.58 Å². The van der Waals surface area contributed by atoms with Crippen molar-refractivity contribution in [3.05, 3.63) is 36.1 Å². The topological polar surface area (TPSA) is 51.5 Å². The largest absolute Gasteiger partial charge is 0.451 e. The number of amides is 1. The van der Waals surface area contributed by atoms with Crippen LogP contribution in [-0.4, -0.2) is 12.0 Å². The van der Waals surface area contributed by atoms with E-state index in [2.05, 4.69) is 5.48 Å². The van der Waals surface area contributed by atoms with Crippen LogP contribution in [0.5, 0.6) is 0 Å². The second kappa shape index (κ2) is 4.82. The van der Waals surface area contributed by atoms with Gasteiger partial charge in [-0.25, -0.2) is 5.48 Å². The van der Waals surface area contributed by atoms with E-state index < -0.39 is 0 Å². The van der Waals surface area contributed by atoms with Crippen molar-refractivity contribution in [1.82, 2.24) is 5.48 Å². The molecule has 1 heterocycles. The second-order valence-electron chi connectivity index (χ2n) is 4.60. The smallest absolute Gasteiger partial charge is 0.310 e. The Labute approximate surface area is 105 Å². The summed E-state index contributed by atoms with van der Waals surface area (Å²) < 4.78 is 5.45. The molecule has 0 saturated heterocycles. The molecule has 1 aromatic carbocycles. The molecule has 1 aliphatic carbocycles. The van der Waals surface area contributed by atoms with Gasteiger partial charge in [-0.1, -0.05) is 31.0 Å². The van der Waals surface area contributed by atoms with Crippen molar-refractivity contribution in [2.24, 2.45) is 0 Å². The molecule has 94 valence electrons. The van der Waals surface area contributed by atoms with Gasteiger partial charge in [0.25, 0.3) is 0 Å². The predicted molar refractivity (Wildman–Crippen MR) is 67.0 cm³/mol. The van der Waals surface area contributed by atoms with E-state index >= 15 is 0 Å². The minimum absolute atomic E-state index is 0.151. The zero-order valence-electron chi connectivity index (χ0n) is 10.0. The average molecular weight is 245 g/mol. The van der Waals surface area contributed by atoms with Gasteiger partial charge in [0, 0.05) is 5.39 Å². The SMILES string of the molecule is O=C(NOC1CCCC1)c1cc2ccccc2o1. The number of hydrogen-bond acceptors (Lipinski definition) is 3. The van der Waals surface area contributed by atoms with Crippen LogP contribution in [0, 0.1) is 0 Å². The first-order valence-corrected chi connectivity index (χ1v) is 6.27. The molecule has 0 unspecified atom stereocenters. The molecule has 1 fully saturated rings. The molecule has 0 aliphatic heterocycles. The highest BCUT2D eigenvalue weighted by Gasteiger charge is 2.18. The van der Waals surface area contributed by atoms with Gasteiger partial charge in [-0.15, -0.1) is 0 Å². The van der Waals surface area contributed by atoms with E-state index in [0.717, 1.165) is 18.2 Å². The minimum Gasteiger partial charge on any atom is -0.451 e. The van der Waals surface area contributed by atoms with Crippen molar-refractivity contribution in [3.8, 4) is 0 Å². The van der Waals surface area contributed by atoms with Crippen molar-refractivity contribution >= 4 is 16.9 Å². The Morgan fingerprint density at radius 3 is 2.83 bits per heavy atom. The van der Waals surface area contributed by atoms with Gasteiger partial charge < -0.3 is 4.42 Å². The first-order chi connectivity index (χ1) is 8.83. The second-order valence-corrected chi connectivity index (χ2v) is 4.60.